The van der Waals surface area contributed by atoms with Gasteiger partial charge in [-0.25, -0.2) is 0 Å². The summed E-state index contributed by atoms with van der Waals surface area (Å²) in [5.41, 5.74) is 0. The molecule has 0 amide bonds. The molecule has 0 radical (unpaired) electrons. The molecule has 0 fully saturated rings. The Bertz CT molecular complexity index is 359. The Kier molecular flexibility index (Phi) is 20.1. The minimum absolute atomic E-state index is 0.162. The smallest absolute Gasteiger partial charge is 0.308 e. The molecule has 0 bridgehead atoms. The molecule has 0 aromatic rings. The SMILES string of the molecule is CCCCCCCCCCCCC[C@@H](O)CCC[C@@H](O)CC(=O)OC(CO)CO. The van der Waals surface area contributed by atoms with Crippen LogP contribution in [0.4, 0.5) is 0 Å². The molecule has 0 aromatic carbocycles. The van der Waals surface area contributed by atoms with Gasteiger partial charge in [0.2, 0.25) is 0 Å². The normalized spacial score (nSPS) is 13.6. The molecule has 0 aliphatic heterocycles. The standard InChI is InChI=1S/C23H46O6/c1-2-3-4-5-6-7-8-9-10-11-12-14-20(26)15-13-16-21(27)17-23(28)29-22(18-24)19-25/h20-22,24-27H,2-19H2,1H3/t20-,21-/m1/s1. The molecule has 2 atom stereocenters. The fraction of sp³-hybridized carbons (Fsp3) is 0.957. The topological polar surface area (TPSA) is 107 Å². The van der Waals surface area contributed by atoms with E-state index in [1.54, 1.807) is 0 Å². The third-order valence-electron chi connectivity index (χ3n) is 5.32. The van der Waals surface area contributed by atoms with Crippen molar-refractivity contribution >= 4 is 5.97 Å². The van der Waals surface area contributed by atoms with Crippen LogP contribution in [0.25, 0.3) is 0 Å². The van der Waals surface area contributed by atoms with Crippen LogP contribution in [-0.4, -0.2) is 57.9 Å². The van der Waals surface area contributed by atoms with E-state index in [-0.39, 0.29) is 12.5 Å². The molecule has 0 aromatic heterocycles. The van der Waals surface area contributed by atoms with Gasteiger partial charge in [0.1, 0.15) is 6.10 Å². The van der Waals surface area contributed by atoms with Gasteiger partial charge in [0.15, 0.2) is 0 Å². The van der Waals surface area contributed by atoms with Crippen LogP contribution in [0, 0.1) is 0 Å². The molecule has 6 nitrogen and oxygen atoms in total. The molecule has 0 rings (SSSR count). The fourth-order valence-corrected chi connectivity index (χ4v) is 3.44. The third-order valence-corrected chi connectivity index (χ3v) is 5.32. The average molecular weight is 419 g/mol. The van der Waals surface area contributed by atoms with Gasteiger partial charge in [-0.15, -0.1) is 0 Å². The van der Waals surface area contributed by atoms with E-state index in [0.717, 1.165) is 19.3 Å². The molecule has 0 heterocycles. The maximum atomic E-state index is 11.6. The predicted octanol–water partition coefficient (Wildman–Crippen LogP) is 3.87. The van der Waals surface area contributed by atoms with E-state index < -0.39 is 31.4 Å². The Balaban J connectivity index is 3.49. The number of carbonyl (C=O) groups excluding carboxylic acids is 1. The number of unbranched alkanes of at least 4 members (excludes halogenated alkanes) is 10. The first-order chi connectivity index (χ1) is 14.0. The van der Waals surface area contributed by atoms with Gasteiger partial charge in [-0.1, -0.05) is 77.6 Å². The summed E-state index contributed by atoms with van der Waals surface area (Å²) in [7, 11) is 0. The summed E-state index contributed by atoms with van der Waals surface area (Å²) in [6.45, 7) is 1.36. The van der Waals surface area contributed by atoms with Crippen molar-refractivity contribution in [3.05, 3.63) is 0 Å². The highest BCUT2D eigenvalue weighted by Gasteiger charge is 2.17. The predicted molar refractivity (Wildman–Crippen MR) is 116 cm³/mol. The van der Waals surface area contributed by atoms with Crippen LogP contribution in [0.1, 0.15) is 110 Å². The third kappa shape index (κ3) is 19.0. The molecule has 174 valence electrons. The Morgan fingerprint density at radius 3 is 1.66 bits per heavy atom. The number of aliphatic hydroxyl groups excluding tert-OH is 4. The minimum Gasteiger partial charge on any atom is -0.457 e. The second-order valence-electron chi connectivity index (χ2n) is 8.24. The minimum atomic E-state index is -0.928. The van der Waals surface area contributed by atoms with E-state index >= 15 is 0 Å². The van der Waals surface area contributed by atoms with Gasteiger partial charge >= 0.3 is 5.97 Å². The maximum absolute atomic E-state index is 11.6. The Labute approximate surface area is 177 Å². The van der Waals surface area contributed by atoms with Gasteiger partial charge in [0, 0.05) is 0 Å². The average Bonchev–Trinajstić information content (AvgIpc) is 2.70. The number of rotatable bonds is 21. The quantitative estimate of drug-likeness (QED) is 0.166. The summed E-state index contributed by atoms with van der Waals surface area (Å²) < 4.78 is 4.82. The van der Waals surface area contributed by atoms with Gasteiger partial charge < -0.3 is 25.2 Å². The first-order valence-corrected chi connectivity index (χ1v) is 11.8. The van der Waals surface area contributed by atoms with Gasteiger partial charge in [0.25, 0.3) is 0 Å². The zero-order chi connectivity index (χ0) is 21.7. The number of esters is 1. The molecular weight excluding hydrogens is 372 g/mol. The van der Waals surface area contributed by atoms with E-state index in [0.29, 0.717) is 19.3 Å². The summed E-state index contributed by atoms with van der Waals surface area (Å²) >= 11 is 0. The molecule has 0 saturated carbocycles. The summed E-state index contributed by atoms with van der Waals surface area (Å²) in [6.07, 6.45) is 14.4. The molecule has 0 spiro atoms. The van der Waals surface area contributed by atoms with Crippen LogP contribution >= 0.6 is 0 Å². The van der Waals surface area contributed by atoms with Crippen LogP contribution in [0.3, 0.4) is 0 Å². The molecule has 0 aliphatic rings. The van der Waals surface area contributed by atoms with E-state index in [2.05, 4.69) is 6.92 Å². The summed E-state index contributed by atoms with van der Waals surface area (Å²) in [6, 6.07) is 0. The van der Waals surface area contributed by atoms with Crippen LogP contribution in [0.2, 0.25) is 0 Å². The number of ether oxygens (including phenoxy) is 1. The number of aliphatic hydroxyl groups is 4. The van der Waals surface area contributed by atoms with Crippen molar-refractivity contribution in [1.82, 2.24) is 0 Å². The highest BCUT2D eigenvalue weighted by molar-refractivity contribution is 5.70. The molecule has 0 unspecified atom stereocenters. The fourth-order valence-electron chi connectivity index (χ4n) is 3.44. The Hall–Kier alpha value is -0.690. The van der Waals surface area contributed by atoms with Crippen LogP contribution in [-0.2, 0) is 9.53 Å². The maximum Gasteiger partial charge on any atom is 0.308 e. The van der Waals surface area contributed by atoms with Crippen molar-refractivity contribution in [1.29, 1.82) is 0 Å². The summed E-state index contributed by atoms with van der Waals surface area (Å²) in [5.74, 6) is -0.632. The number of hydrogen-bond donors (Lipinski definition) is 4. The van der Waals surface area contributed by atoms with Crippen molar-refractivity contribution < 1.29 is 30.0 Å². The van der Waals surface area contributed by atoms with Crippen molar-refractivity contribution in [2.24, 2.45) is 0 Å². The highest BCUT2D eigenvalue weighted by atomic mass is 16.6. The van der Waals surface area contributed by atoms with Gasteiger partial charge in [-0.05, 0) is 25.7 Å². The van der Waals surface area contributed by atoms with Crippen molar-refractivity contribution in [2.45, 2.75) is 128 Å². The zero-order valence-corrected chi connectivity index (χ0v) is 18.6. The molecular formula is C23H46O6. The van der Waals surface area contributed by atoms with Gasteiger partial charge in [-0.3, -0.25) is 4.79 Å². The number of hydrogen-bond acceptors (Lipinski definition) is 6. The Morgan fingerprint density at radius 1 is 0.690 bits per heavy atom. The second kappa shape index (κ2) is 20.6. The molecule has 6 heteroatoms. The lowest BCUT2D eigenvalue weighted by Crippen LogP contribution is -2.27. The van der Waals surface area contributed by atoms with Crippen LogP contribution < -0.4 is 0 Å². The summed E-state index contributed by atoms with van der Waals surface area (Å²) in [5, 5.41) is 37.6. The lowest BCUT2D eigenvalue weighted by atomic mass is 10.0. The van der Waals surface area contributed by atoms with E-state index in [1.165, 1.54) is 57.8 Å². The van der Waals surface area contributed by atoms with E-state index in [1.807, 2.05) is 0 Å². The van der Waals surface area contributed by atoms with E-state index in [4.69, 9.17) is 14.9 Å². The van der Waals surface area contributed by atoms with Crippen LogP contribution in [0.5, 0.6) is 0 Å². The molecule has 0 aliphatic carbocycles. The van der Waals surface area contributed by atoms with Gasteiger partial charge in [-0.2, -0.15) is 0 Å². The first kappa shape index (κ1) is 28.3. The van der Waals surface area contributed by atoms with Crippen molar-refractivity contribution in [3.8, 4) is 0 Å². The van der Waals surface area contributed by atoms with Crippen LogP contribution in [0.15, 0.2) is 0 Å². The number of carbonyl (C=O) groups is 1. The lowest BCUT2D eigenvalue weighted by molar-refractivity contribution is -0.155. The highest BCUT2D eigenvalue weighted by Crippen LogP contribution is 2.15. The zero-order valence-electron chi connectivity index (χ0n) is 18.6. The van der Waals surface area contributed by atoms with E-state index in [9.17, 15) is 15.0 Å². The monoisotopic (exact) mass is 418 g/mol. The van der Waals surface area contributed by atoms with Crippen molar-refractivity contribution in [2.75, 3.05) is 13.2 Å². The largest absolute Gasteiger partial charge is 0.457 e. The first-order valence-electron chi connectivity index (χ1n) is 11.8. The molecule has 4 N–H and O–H groups in total. The lowest BCUT2D eigenvalue weighted by Gasteiger charge is -2.15. The Morgan fingerprint density at radius 2 is 1.14 bits per heavy atom. The van der Waals surface area contributed by atoms with Crippen molar-refractivity contribution in [3.63, 3.8) is 0 Å². The molecule has 29 heavy (non-hydrogen) atoms. The van der Waals surface area contributed by atoms with Gasteiger partial charge in [0.05, 0.1) is 31.8 Å². The molecule has 0 saturated heterocycles. The summed E-state index contributed by atoms with van der Waals surface area (Å²) in [4.78, 5) is 11.6. The second-order valence-corrected chi connectivity index (χ2v) is 8.24.